The van der Waals surface area contributed by atoms with E-state index in [9.17, 15) is 34.2 Å². The molecule has 0 radical (unpaired) electrons. The van der Waals surface area contributed by atoms with Crippen molar-refractivity contribution in [3.63, 3.8) is 0 Å². The zero-order valence-electron chi connectivity index (χ0n) is 43.9. The van der Waals surface area contributed by atoms with E-state index < -0.39 is 135 Å². The number of rotatable bonds is 24. The SMILES string of the molecule is COc1ccc(O[C@@H]2O[C@H](COCc3ccccc3)[C@@H](O[C@@H]3O[C@H](CO)[C@H](O)[C@H](O[C@@H]4O[C@H](COC(C)=O)[C@H](OC(C)=O)[C@H](OC(C)=O)[C@H]4OC(C)=O)[C@H]3OC(C)=O)[C@H](OCc3ccccc3)[C@H]2OCc2ccccc2)cc1. The van der Waals surface area contributed by atoms with Gasteiger partial charge in [0, 0.05) is 34.6 Å². The second kappa shape index (κ2) is 28.9. The van der Waals surface area contributed by atoms with Gasteiger partial charge >= 0.3 is 29.8 Å². The molecule has 3 saturated heterocycles. The standard InChI is InChI=1S/C56H66O22/c1-32(58)66-31-44-47(69-33(2)59)50(70-34(3)60)53(72-36(5)62)56(76-44)78-48-45(63)42(26-57)74-55(52(48)71-35(4)61)77-46-43(30-65-27-37-16-10-7-11-17-37)75-54(73-41-24-22-40(64-6)23-25-41)51(68-29-39-20-14-9-15-21-39)49(46)67-28-38-18-12-8-13-19-38/h7-25,42-57,63H,26-31H2,1-6H3/t42-,43-,44-,45+,46-,47+,48+,49+,50+,51-,52-,53-,54-,55+,56+/m1/s1. The van der Waals surface area contributed by atoms with E-state index in [4.69, 9.17) is 71.1 Å². The third-order valence-corrected chi connectivity index (χ3v) is 12.5. The lowest BCUT2D eigenvalue weighted by Crippen LogP contribution is -2.68. The van der Waals surface area contributed by atoms with Gasteiger partial charge in [-0.2, -0.15) is 0 Å². The molecule has 0 spiro atoms. The zero-order chi connectivity index (χ0) is 55.7. The van der Waals surface area contributed by atoms with Crippen LogP contribution in [-0.2, 0) is 105 Å². The van der Waals surface area contributed by atoms with Gasteiger partial charge in [-0.1, -0.05) is 91.0 Å². The van der Waals surface area contributed by atoms with Crippen molar-refractivity contribution in [3.05, 3.63) is 132 Å². The van der Waals surface area contributed by atoms with Crippen LogP contribution in [0.4, 0.5) is 0 Å². The molecule has 15 atom stereocenters. The number of ether oxygens (including phenoxy) is 15. The largest absolute Gasteiger partial charge is 0.497 e. The second-order valence-corrected chi connectivity index (χ2v) is 18.4. The molecular weight excluding hydrogens is 1020 g/mol. The number of hydrogen-bond donors (Lipinski definition) is 2. The lowest BCUT2D eigenvalue weighted by Gasteiger charge is -2.50. The number of methoxy groups -OCH3 is 1. The minimum Gasteiger partial charge on any atom is -0.497 e. The van der Waals surface area contributed by atoms with Gasteiger partial charge in [0.05, 0.1) is 40.1 Å². The predicted octanol–water partition coefficient (Wildman–Crippen LogP) is 4.05. The summed E-state index contributed by atoms with van der Waals surface area (Å²) in [6, 6.07) is 34.8. The van der Waals surface area contributed by atoms with Crippen molar-refractivity contribution < 1.29 is 105 Å². The molecule has 0 aliphatic carbocycles. The molecule has 3 aliphatic heterocycles. The maximum Gasteiger partial charge on any atom is 0.303 e. The average molecular weight is 1090 g/mol. The molecule has 0 aromatic heterocycles. The van der Waals surface area contributed by atoms with E-state index in [2.05, 4.69) is 0 Å². The van der Waals surface area contributed by atoms with E-state index in [0.29, 0.717) is 11.5 Å². The van der Waals surface area contributed by atoms with Crippen molar-refractivity contribution in [2.45, 2.75) is 147 Å². The van der Waals surface area contributed by atoms with Crippen molar-refractivity contribution in [3.8, 4) is 11.5 Å². The predicted molar refractivity (Wildman–Crippen MR) is 267 cm³/mol. The molecule has 0 amide bonds. The van der Waals surface area contributed by atoms with Gasteiger partial charge in [0.15, 0.2) is 37.0 Å². The van der Waals surface area contributed by atoms with E-state index in [1.54, 1.807) is 31.4 Å². The third kappa shape index (κ3) is 16.5. The zero-order valence-corrected chi connectivity index (χ0v) is 43.9. The molecule has 3 heterocycles. The minimum absolute atomic E-state index is 0.00503. The fourth-order valence-corrected chi connectivity index (χ4v) is 9.06. The molecule has 3 fully saturated rings. The van der Waals surface area contributed by atoms with Gasteiger partial charge in [-0.25, -0.2) is 0 Å². The third-order valence-electron chi connectivity index (χ3n) is 12.5. The van der Waals surface area contributed by atoms with E-state index in [1.807, 2.05) is 91.0 Å². The normalized spacial score (nSPS) is 28.8. The number of esters is 5. The molecule has 0 saturated carbocycles. The van der Waals surface area contributed by atoms with Crippen molar-refractivity contribution in [2.24, 2.45) is 0 Å². The lowest BCUT2D eigenvalue weighted by atomic mass is 9.95. The van der Waals surface area contributed by atoms with E-state index in [0.717, 1.165) is 51.3 Å². The van der Waals surface area contributed by atoms with Crippen molar-refractivity contribution in [2.75, 3.05) is 26.9 Å². The maximum absolute atomic E-state index is 13.3. The van der Waals surface area contributed by atoms with E-state index in [-0.39, 0.29) is 26.4 Å². The minimum atomic E-state index is -1.90. The first-order valence-corrected chi connectivity index (χ1v) is 25.2. The summed E-state index contributed by atoms with van der Waals surface area (Å²) in [5.74, 6) is -3.45. The summed E-state index contributed by atoms with van der Waals surface area (Å²) in [5.41, 5.74) is 2.40. The summed E-state index contributed by atoms with van der Waals surface area (Å²) in [5, 5.41) is 22.9. The summed E-state index contributed by atoms with van der Waals surface area (Å²) in [6.07, 6.45) is -23.2. The van der Waals surface area contributed by atoms with Crippen molar-refractivity contribution in [1.82, 2.24) is 0 Å². The summed E-state index contributed by atoms with van der Waals surface area (Å²) >= 11 is 0. The highest BCUT2D eigenvalue weighted by atomic mass is 16.8. The Morgan fingerprint density at radius 3 is 1.40 bits per heavy atom. The van der Waals surface area contributed by atoms with Crippen LogP contribution in [0, 0.1) is 0 Å². The molecule has 422 valence electrons. The van der Waals surface area contributed by atoms with Crippen LogP contribution in [0.1, 0.15) is 51.3 Å². The van der Waals surface area contributed by atoms with Gasteiger partial charge in [0.2, 0.25) is 6.29 Å². The van der Waals surface area contributed by atoms with Crippen LogP contribution in [0.5, 0.6) is 11.5 Å². The number of benzene rings is 4. The Morgan fingerprint density at radius 1 is 0.449 bits per heavy atom. The van der Waals surface area contributed by atoms with Gasteiger partial charge in [-0.05, 0) is 41.0 Å². The van der Waals surface area contributed by atoms with E-state index in [1.165, 1.54) is 0 Å². The molecule has 2 N–H and O–H groups in total. The molecule has 0 bridgehead atoms. The highest BCUT2D eigenvalue weighted by Gasteiger charge is 2.58. The topological polar surface area (TPSA) is 264 Å². The number of carbonyl (C=O) groups excluding carboxylic acids is 5. The summed E-state index contributed by atoms with van der Waals surface area (Å²) in [4.78, 5) is 63.4. The van der Waals surface area contributed by atoms with Crippen LogP contribution in [-0.4, -0.2) is 159 Å². The molecule has 0 unspecified atom stereocenters. The molecule has 4 aromatic rings. The Morgan fingerprint density at radius 2 is 0.885 bits per heavy atom. The smallest absolute Gasteiger partial charge is 0.303 e. The highest BCUT2D eigenvalue weighted by Crippen LogP contribution is 2.38. The summed E-state index contributed by atoms with van der Waals surface area (Å²) < 4.78 is 92.9. The average Bonchev–Trinajstić information content (AvgIpc) is 3.48. The molecule has 4 aromatic carbocycles. The monoisotopic (exact) mass is 1090 g/mol. The number of aliphatic hydroxyl groups is 2. The Labute approximate surface area is 450 Å². The second-order valence-electron chi connectivity index (χ2n) is 18.4. The first-order valence-electron chi connectivity index (χ1n) is 25.2. The van der Waals surface area contributed by atoms with Crippen LogP contribution in [0.2, 0.25) is 0 Å². The van der Waals surface area contributed by atoms with Crippen LogP contribution < -0.4 is 9.47 Å². The Hall–Kier alpha value is -6.57. The van der Waals surface area contributed by atoms with Gasteiger partial charge in [-0.3, -0.25) is 24.0 Å². The quantitative estimate of drug-likeness (QED) is 0.0740. The van der Waals surface area contributed by atoms with E-state index >= 15 is 0 Å². The fraction of sp³-hybridized carbons (Fsp3) is 0.482. The maximum atomic E-state index is 13.3. The Bertz CT molecular complexity index is 2520. The van der Waals surface area contributed by atoms with Crippen molar-refractivity contribution >= 4 is 29.8 Å². The van der Waals surface area contributed by atoms with Crippen molar-refractivity contribution in [1.29, 1.82) is 0 Å². The van der Waals surface area contributed by atoms with Gasteiger partial charge in [-0.15, -0.1) is 0 Å². The fourth-order valence-electron chi connectivity index (χ4n) is 9.06. The Balaban J connectivity index is 1.32. The van der Waals surface area contributed by atoms with Gasteiger partial charge in [0.1, 0.15) is 66.9 Å². The highest BCUT2D eigenvalue weighted by molar-refractivity contribution is 5.69. The molecule has 3 aliphatic rings. The van der Waals surface area contributed by atoms with Crippen LogP contribution >= 0.6 is 0 Å². The lowest BCUT2D eigenvalue weighted by molar-refractivity contribution is -0.382. The molecule has 22 heteroatoms. The van der Waals surface area contributed by atoms with Crippen LogP contribution in [0.15, 0.2) is 115 Å². The number of carbonyl (C=O) groups is 5. The molecular formula is C56H66O22. The first-order chi connectivity index (χ1) is 37.6. The van der Waals surface area contributed by atoms with Gasteiger partial charge in [0.25, 0.3) is 0 Å². The number of hydrogen-bond acceptors (Lipinski definition) is 22. The molecule has 78 heavy (non-hydrogen) atoms. The first kappa shape index (κ1) is 59.1. The van der Waals surface area contributed by atoms with Crippen LogP contribution in [0.25, 0.3) is 0 Å². The number of aliphatic hydroxyl groups excluding tert-OH is 2. The summed E-state index contributed by atoms with van der Waals surface area (Å²) in [7, 11) is 1.54. The summed E-state index contributed by atoms with van der Waals surface area (Å²) in [6.45, 7) is 3.84. The van der Waals surface area contributed by atoms with Gasteiger partial charge < -0.3 is 81.3 Å². The Kier molecular flexibility index (Phi) is 21.9. The molecule has 7 rings (SSSR count). The van der Waals surface area contributed by atoms with Crippen LogP contribution in [0.3, 0.4) is 0 Å². The molecule has 22 nitrogen and oxygen atoms in total.